The molecular formula is C9H10BrF3O2. The average Bonchev–Trinajstić information content (AvgIpc) is 2.49. The van der Waals surface area contributed by atoms with E-state index in [2.05, 4.69) is 15.9 Å². The first kappa shape index (κ1) is 12.5. The van der Waals surface area contributed by atoms with Gasteiger partial charge in [-0.05, 0) is 5.41 Å². The molecule has 1 aliphatic rings. The molecule has 0 aromatic heterocycles. The molecule has 0 saturated heterocycles. The molecule has 0 aromatic rings. The molecule has 0 aliphatic heterocycles. The largest absolute Gasteiger partial charge is 0.481 e. The van der Waals surface area contributed by atoms with Gasteiger partial charge in [-0.3, -0.25) is 4.79 Å². The van der Waals surface area contributed by atoms with E-state index < -0.39 is 29.4 Å². The topological polar surface area (TPSA) is 37.3 Å². The summed E-state index contributed by atoms with van der Waals surface area (Å²) >= 11 is 2.80. The third-order valence-corrected chi connectivity index (χ3v) is 3.41. The van der Waals surface area contributed by atoms with Gasteiger partial charge in [0.1, 0.15) is 0 Å². The molecule has 15 heavy (non-hydrogen) atoms. The van der Waals surface area contributed by atoms with Crippen LogP contribution in [0.5, 0.6) is 0 Å². The van der Waals surface area contributed by atoms with Crippen LogP contribution in [0.2, 0.25) is 0 Å². The standard InChI is InChI=1S/C9H10BrF3O2/c1-8(2)5(6(8)7(14)15)4(10)3-9(11,12)13/h3,5-6H,1-2H3,(H,14,15)/t5-,6-/m1/s1. The third kappa shape index (κ3) is 2.53. The van der Waals surface area contributed by atoms with Crippen molar-refractivity contribution in [2.75, 3.05) is 0 Å². The van der Waals surface area contributed by atoms with Crippen LogP contribution in [0.3, 0.4) is 0 Å². The average molecular weight is 287 g/mol. The number of aliphatic carboxylic acids is 1. The van der Waals surface area contributed by atoms with Crippen LogP contribution in [0.4, 0.5) is 13.2 Å². The molecule has 0 spiro atoms. The molecule has 0 unspecified atom stereocenters. The van der Waals surface area contributed by atoms with E-state index in [9.17, 15) is 18.0 Å². The van der Waals surface area contributed by atoms with E-state index in [1.54, 1.807) is 13.8 Å². The fraction of sp³-hybridized carbons (Fsp3) is 0.667. The first-order valence-electron chi connectivity index (χ1n) is 4.25. The molecule has 1 N–H and O–H groups in total. The van der Waals surface area contributed by atoms with Gasteiger partial charge < -0.3 is 5.11 Å². The zero-order chi connectivity index (χ0) is 12.0. The second-order valence-corrected chi connectivity index (χ2v) is 5.10. The number of halogens is 4. The summed E-state index contributed by atoms with van der Waals surface area (Å²) < 4.78 is 36.0. The maximum Gasteiger partial charge on any atom is 0.410 e. The molecule has 0 bridgehead atoms. The zero-order valence-corrected chi connectivity index (χ0v) is 9.69. The predicted molar refractivity (Wildman–Crippen MR) is 51.5 cm³/mol. The van der Waals surface area contributed by atoms with Crippen LogP contribution < -0.4 is 0 Å². The normalized spacial score (nSPS) is 30.1. The smallest absolute Gasteiger partial charge is 0.410 e. The van der Waals surface area contributed by atoms with Gasteiger partial charge in [0.2, 0.25) is 0 Å². The van der Waals surface area contributed by atoms with Crippen LogP contribution in [0.25, 0.3) is 0 Å². The number of rotatable bonds is 2. The molecule has 1 aliphatic carbocycles. The minimum absolute atomic E-state index is 0.0904. The highest BCUT2D eigenvalue weighted by atomic mass is 79.9. The molecule has 6 heteroatoms. The minimum Gasteiger partial charge on any atom is -0.481 e. The van der Waals surface area contributed by atoms with Crippen molar-refractivity contribution in [3.05, 3.63) is 10.6 Å². The monoisotopic (exact) mass is 286 g/mol. The number of carboxylic acids is 1. The number of carbonyl (C=O) groups is 1. The van der Waals surface area contributed by atoms with Crippen molar-refractivity contribution in [3.63, 3.8) is 0 Å². The van der Waals surface area contributed by atoms with Crippen molar-refractivity contribution in [1.82, 2.24) is 0 Å². The summed E-state index contributed by atoms with van der Waals surface area (Å²) in [6.07, 6.45) is -4.30. The highest BCUT2D eigenvalue weighted by Gasteiger charge is 2.63. The fourth-order valence-corrected chi connectivity index (χ4v) is 2.97. The molecule has 0 amide bonds. The number of carboxylic acid groups (broad SMARTS) is 1. The highest BCUT2D eigenvalue weighted by Crippen LogP contribution is 2.63. The Morgan fingerprint density at radius 1 is 1.40 bits per heavy atom. The van der Waals surface area contributed by atoms with Crippen molar-refractivity contribution < 1.29 is 23.1 Å². The van der Waals surface area contributed by atoms with Gasteiger partial charge in [0.25, 0.3) is 0 Å². The Morgan fingerprint density at radius 3 is 2.13 bits per heavy atom. The van der Waals surface area contributed by atoms with Gasteiger partial charge in [0.15, 0.2) is 0 Å². The summed E-state index contributed by atoms with van der Waals surface area (Å²) in [4.78, 5) is 10.7. The molecule has 2 atom stereocenters. The van der Waals surface area contributed by atoms with E-state index in [0.29, 0.717) is 0 Å². The van der Waals surface area contributed by atoms with E-state index >= 15 is 0 Å². The first-order valence-corrected chi connectivity index (χ1v) is 5.04. The summed E-state index contributed by atoms with van der Waals surface area (Å²) in [6.45, 7) is 3.28. The second kappa shape index (κ2) is 3.50. The molecule has 0 aromatic carbocycles. The lowest BCUT2D eigenvalue weighted by Crippen LogP contribution is -2.04. The molecular weight excluding hydrogens is 277 g/mol. The molecule has 1 fully saturated rings. The van der Waals surface area contributed by atoms with Crippen molar-refractivity contribution in [3.8, 4) is 0 Å². The molecule has 1 saturated carbocycles. The Bertz CT molecular complexity index is 320. The third-order valence-electron chi connectivity index (χ3n) is 2.69. The summed E-state index contributed by atoms with van der Waals surface area (Å²) in [6, 6.07) is 0. The van der Waals surface area contributed by atoms with Crippen LogP contribution in [-0.2, 0) is 4.79 Å². The lowest BCUT2D eigenvalue weighted by molar-refractivity contribution is -0.139. The number of hydrogen-bond donors (Lipinski definition) is 1. The van der Waals surface area contributed by atoms with E-state index in [-0.39, 0.29) is 10.6 Å². The Hall–Kier alpha value is -0.520. The molecule has 0 heterocycles. The lowest BCUT2D eigenvalue weighted by atomic mass is 10.1. The van der Waals surface area contributed by atoms with Crippen LogP contribution in [0.1, 0.15) is 13.8 Å². The van der Waals surface area contributed by atoms with E-state index in [4.69, 9.17) is 5.11 Å². The van der Waals surface area contributed by atoms with Gasteiger partial charge in [-0.15, -0.1) is 0 Å². The van der Waals surface area contributed by atoms with E-state index in [0.717, 1.165) is 0 Å². The fourth-order valence-electron chi connectivity index (χ4n) is 1.86. The van der Waals surface area contributed by atoms with Crippen molar-refractivity contribution in [1.29, 1.82) is 0 Å². The predicted octanol–water partition coefficient (Wildman–Crippen LogP) is 3.18. The zero-order valence-electron chi connectivity index (χ0n) is 8.10. The maximum atomic E-state index is 12.0. The van der Waals surface area contributed by atoms with Crippen molar-refractivity contribution in [2.24, 2.45) is 17.3 Å². The SMILES string of the molecule is CC1(C)[C@H](C(Br)=CC(F)(F)F)[C@@H]1C(=O)O. The summed E-state index contributed by atoms with van der Waals surface area (Å²) in [5.74, 6) is -2.39. The Morgan fingerprint density at radius 2 is 1.87 bits per heavy atom. The molecule has 2 nitrogen and oxygen atoms in total. The van der Waals surface area contributed by atoms with Gasteiger partial charge in [-0.2, -0.15) is 13.2 Å². The Labute approximate surface area is 93.3 Å². The van der Waals surface area contributed by atoms with E-state index in [1.807, 2.05) is 0 Å². The van der Waals surface area contributed by atoms with Gasteiger partial charge >= 0.3 is 12.1 Å². The van der Waals surface area contributed by atoms with Crippen LogP contribution in [-0.4, -0.2) is 17.3 Å². The summed E-state index contributed by atoms with van der Waals surface area (Å²) in [7, 11) is 0. The van der Waals surface area contributed by atoms with Gasteiger partial charge in [-0.25, -0.2) is 0 Å². The van der Waals surface area contributed by atoms with Gasteiger partial charge in [0, 0.05) is 16.5 Å². The lowest BCUT2D eigenvalue weighted by Gasteiger charge is -2.03. The Kier molecular flexibility index (Phi) is 2.93. The van der Waals surface area contributed by atoms with Crippen LogP contribution in [0.15, 0.2) is 10.6 Å². The molecule has 86 valence electrons. The summed E-state index contributed by atoms with van der Waals surface area (Å²) in [5.41, 5.74) is -0.619. The van der Waals surface area contributed by atoms with Crippen molar-refractivity contribution in [2.45, 2.75) is 20.0 Å². The van der Waals surface area contributed by atoms with Crippen LogP contribution in [0, 0.1) is 17.3 Å². The van der Waals surface area contributed by atoms with E-state index in [1.165, 1.54) is 0 Å². The molecule has 1 rings (SSSR count). The number of allylic oxidation sites excluding steroid dienone is 2. The Balaban J connectivity index is 2.85. The number of hydrogen-bond acceptors (Lipinski definition) is 1. The molecule has 0 radical (unpaired) electrons. The quantitative estimate of drug-likeness (QED) is 0.847. The number of alkyl halides is 3. The van der Waals surface area contributed by atoms with Gasteiger partial charge in [-0.1, -0.05) is 29.8 Å². The van der Waals surface area contributed by atoms with Crippen LogP contribution >= 0.6 is 15.9 Å². The van der Waals surface area contributed by atoms with Gasteiger partial charge in [0.05, 0.1) is 5.92 Å². The highest BCUT2D eigenvalue weighted by molar-refractivity contribution is 9.11. The summed E-state index contributed by atoms with van der Waals surface area (Å²) in [5, 5.41) is 8.78. The van der Waals surface area contributed by atoms with Crippen molar-refractivity contribution >= 4 is 21.9 Å². The first-order chi connectivity index (χ1) is 6.57. The minimum atomic E-state index is -4.42. The second-order valence-electron chi connectivity index (χ2n) is 4.19. The maximum absolute atomic E-state index is 12.0.